The maximum Gasteiger partial charge on any atom is 0.0783 e. The zero-order chi connectivity index (χ0) is 11.7. The third-order valence-corrected chi connectivity index (χ3v) is 2.01. The predicted molar refractivity (Wildman–Crippen MR) is 68.5 cm³/mol. The fourth-order valence-electron chi connectivity index (χ4n) is 0.889. The number of halogens is 2. The summed E-state index contributed by atoms with van der Waals surface area (Å²) in [5, 5.41) is 0.518. The summed E-state index contributed by atoms with van der Waals surface area (Å²) in [7, 11) is 1.65. The van der Waals surface area contributed by atoms with Gasteiger partial charge < -0.3 is 9.47 Å². The van der Waals surface area contributed by atoms with E-state index in [4.69, 9.17) is 21.1 Å². The Bertz CT molecular complexity index is 259. The van der Waals surface area contributed by atoms with Crippen LogP contribution in [0.5, 0.6) is 0 Å². The Kier molecular flexibility index (Phi) is 9.10. The SMILES string of the molecule is C=C(Cl)/C=C(C)\C=C(\Br)COCCOC. The van der Waals surface area contributed by atoms with Crippen molar-refractivity contribution in [3.05, 3.63) is 33.8 Å². The van der Waals surface area contributed by atoms with E-state index in [1.165, 1.54) is 0 Å². The van der Waals surface area contributed by atoms with E-state index >= 15 is 0 Å². The molecule has 0 atom stereocenters. The lowest BCUT2D eigenvalue weighted by Gasteiger charge is -2.02. The third kappa shape index (κ3) is 10.2. The fourth-order valence-corrected chi connectivity index (χ4v) is 1.58. The van der Waals surface area contributed by atoms with E-state index < -0.39 is 0 Å². The Morgan fingerprint density at radius 2 is 2.07 bits per heavy atom. The van der Waals surface area contributed by atoms with Gasteiger partial charge in [-0.25, -0.2) is 0 Å². The first-order valence-electron chi connectivity index (χ1n) is 4.51. The van der Waals surface area contributed by atoms with Crippen molar-refractivity contribution in [2.75, 3.05) is 26.9 Å². The zero-order valence-electron chi connectivity index (χ0n) is 9.06. The summed E-state index contributed by atoms with van der Waals surface area (Å²) < 4.78 is 11.1. The van der Waals surface area contributed by atoms with Gasteiger partial charge in [0.1, 0.15) is 0 Å². The maximum absolute atomic E-state index is 5.64. The first kappa shape index (κ1) is 14.9. The highest BCUT2D eigenvalue weighted by atomic mass is 79.9. The third-order valence-electron chi connectivity index (χ3n) is 1.44. The van der Waals surface area contributed by atoms with Crippen molar-refractivity contribution < 1.29 is 9.47 Å². The van der Waals surface area contributed by atoms with Gasteiger partial charge in [0.05, 0.1) is 19.8 Å². The lowest BCUT2D eigenvalue weighted by molar-refractivity contribution is 0.0846. The van der Waals surface area contributed by atoms with E-state index in [9.17, 15) is 0 Å². The molecule has 0 amide bonds. The van der Waals surface area contributed by atoms with E-state index in [-0.39, 0.29) is 0 Å². The van der Waals surface area contributed by atoms with Crippen LogP contribution in [-0.2, 0) is 9.47 Å². The maximum atomic E-state index is 5.64. The van der Waals surface area contributed by atoms with E-state index in [1.54, 1.807) is 13.2 Å². The van der Waals surface area contributed by atoms with Crippen molar-refractivity contribution in [1.82, 2.24) is 0 Å². The van der Waals surface area contributed by atoms with Crippen molar-refractivity contribution in [3.63, 3.8) is 0 Å². The number of hydrogen-bond donors (Lipinski definition) is 0. The van der Waals surface area contributed by atoms with Crippen LogP contribution in [0.2, 0.25) is 0 Å². The average molecular weight is 296 g/mol. The molecule has 0 bridgehead atoms. The molecule has 0 saturated heterocycles. The molecule has 0 fully saturated rings. The minimum Gasteiger partial charge on any atom is -0.382 e. The second kappa shape index (κ2) is 9.16. The average Bonchev–Trinajstić information content (AvgIpc) is 2.10. The van der Waals surface area contributed by atoms with Crippen LogP contribution in [0.4, 0.5) is 0 Å². The predicted octanol–water partition coefficient (Wildman–Crippen LogP) is 3.63. The summed E-state index contributed by atoms with van der Waals surface area (Å²) in [6.45, 7) is 7.26. The van der Waals surface area contributed by atoms with Crippen LogP contribution in [0.25, 0.3) is 0 Å². The van der Waals surface area contributed by atoms with Crippen LogP contribution in [0.15, 0.2) is 33.8 Å². The van der Waals surface area contributed by atoms with Crippen molar-refractivity contribution in [1.29, 1.82) is 0 Å². The molecule has 0 radical (unpaired) electrons. The van der Waals surface area contributed by atoms with E-state index in [2.05, 4.69) is 22.5 Å². The smallest absolute Gasteiger partial charge is 0.0783 e. The monoisotopic (exact) mass is 294 g/mol. The molecule has 4 heteroatoms. The molecule has 0 aromatic heterocycles. The van der Waals surface area contributed by atoms with Crippen molar-refractivity contribution in [2.45, 2.75) is 6.92 Å². The molecule has 0 rings (SSSR count). The van der Waals surface area contributed by atoms with Crippen molar-refractivity contribution >= 4 is 27.5 Å². The number of methoxy groups -OCH3 is 1. The molecule has 0 spiro atoms. The highest BCUT2D eigenvalue weighted by Crippen LogP contribution is 2.12. The van der Waals surface area contributed by atoms with E-state index in [1.807, 2.05) is 13.0 Å². The highest BCUT2D eigenvalue weighted by Gasteiger charge is 1.94. The van der Waals surface area contributed by atoms with Crippen LogP contribution >= 0.6 is 27.5 Å². The molecule has 0 saturated carbocycles. The Morgan fingerprint density at radius 1 is 1.40 bits per heavy atom. The number of rotatable bonds is 7. The van der Waals surface area contributed by atoms with Gasteiger partial charge in [-0.2, -0.15) is 0 Å². The summed E-state index contributed by atoms with van der Waals surface area (Å²) in [6, 6.07) is 0. The Morgan fingerprint density at radius 3 is 2.60 bits per heavy atom. The molecule has 0 aliphatic heterocycles. The molecule has 0 unspecified atom stereocenters. The van der Waals surface area contributed by atoms with Gasteiger partial charge in [0.15, 0.2) is 0 Å². The van der Waals surface area contributed by atoms with E-state index in [0.717, 1.165) is 10.1 Å². The lowest BCUT2D eigenvalue weighted by Crippen LogP contribution is -2.02. The van der Waals surface area contributed by atoms with Crippen molar-refractivity contribution in [3.8, 4) is 0 Å². The second-order valence-corrected chi connectivity index (χ2v) is 4.48. The van der Waals surface area contributed by atoms with Crippen LogP contribution in [-0.4, -0.2) is 26.9 Å². The first-order chi connectivity index (χ1) is 7.06. The largest absolute Gasteiger partial charge is 0.382 e. The Balaban J connectivity index is 3.92. The summed E-state index contributed by atoms with van der Waals surface area (Å²) in [6.07, 6.45) is 3.73. The van der Waals surface area contributed by atoms with Gasteiger partial charge in [0.2, 0.25) is 0 Å². The van der Waals surface area contributed by atoms with Crippen LogP contribution in [0, 0.1) is 0 Å². The van der Waals surface area contributed by atoms with Gasteiger partial charge >= 0.3 is 0 Å². The summed E-state index contributed by atoms with van der Waals surface area (Å²) in [5.74, 6) is 0. The van der Waals surface area contributed by atoms with E-state index in [0.29, 0.717) is 24.9 Å². The molecule has 0 aromatic rings. The Hall–Kier alpha value is -0.0900. The molecule has 0 heterocycles. The van der Waals surface area contributed by atoms with Crippen LogP contribution in [0.3, 0.4) is 0 Å². The van der Waals surface area contributed by atoms with Crippen LogP contribution < -0.4 is 0 Å². The van der Waals surface area contributed by atoms with Gasteiger partial charge in [-0.3, -0.25) is 0 Å². The number of allylic oxidation sites excluding steroid dienone is 4. The molecule has 2 nitrogen and oxygen atoms in total. The molecule has 86 valence electrons. The van der Waals surface area contributed by atoms with Gasteiger partial charge in [-0.1, -0.05) is 34.1 Å². The lowest BCUT2D eigenvalue weighted by atomic mass is 10.2. The molecule has 0 aliphatic carbocycles. The molecular formula is C11H16BrClO2. The summed E-state index contributed by atoms with van der Waals surface area (Å²) >= 11 is 9.04. The molecular weight excluding hydrogens is 279 g/mol. The topological polar surface area (TPSA) is 18.5 Å². The molecule has 0 aromatic carbocycles. The summed E-state index contributed by atoms with van der Waals surface area (Å²) in [4.78, 5) is 0. The standard InChI is InChI=1S/C11H16BrClO2/c1-9(6-10(2)13)7-11(12)8-15-5-4-14-3/h6-7H,2,4-5,8H2,1,3H3/b9-6-,11-7+. The fraction of sp³-hybridized carbons (Fsp3) is 0.455. The molecule has 15 heavy (non-hydrogen) atoms. The second-order valence-electron chi connectivity index (χ2n) is 2.97. The highest BCUT2D eigenvalue weighted by molar-refractivity contribution is 9.11. The summed E-state index contributed by atoms with van der Waals surface area (Å²) in [5.41, 5.74) is 1.03. The molecule has 0 aliphatic rings. The Labute approximate surface area is 105 Å². The quantitative estimate of drug-likeness (QED) is 0.527. The van der Waals surface area contributed by atoms with Gasteiger partial charge in [0, 0.05) is 16.6 Å². The van der Waals surface area contributed by atoms with Gasteiger partial charge in [0.25, 0.3) is 0 Å². The first-order valence-corrected chi connectivity index (χ1v) is 5.69. The minimum absolute atomic E-state index is 0.518. The van der Waals surface area contributed by atoms with Crippen LogP contribution in [0.1, 0.15) is 6.92 Å². The zero-order valence-corrected chi connectivity index (χ0v) is 11.4. The normalized spacial score (nSPS) is 13.1. The molecule has 0 N–H and O–H groups in total. The van der Waals surface area contributed by atoms with Gasteiger partial charge in [-0.05, 0) is 24.6 Å². The van der Waals surface area contributed by atoms with Crippen molar-refractivity contribution in [2.24, 2.45) is 0 Å². The number of ether oxygens (including phenoxy) is 2. The van der Waals surface area contributed by atoms with Gasteiger partial charge in [-0.15, -0.1) is 0 Å². The minimum atomic E-state index is 0.518. The number of hydrogen-bond acceptors (Lipinski definition) is 2.